The molecule has 1 fully saturated rings. The topological polar surface area (TPSA) is 52.0 Å². The van der Waals surface area contributed by atoms with E-state index in [9.17, 15) is 0 Å². The van der Waals surface area contributed by atoms with Crippen molar-refractivity contribution in [1.82, 2.24) is 4.98 Å². The van der Waals surface area contributed by atoms with Crippen molar-refractivity contribution in [1.29, 1.82) is 0 Å². The molecule has 2 N–H and O–H groups in total. The van der Waals surface area contributed by atoms with E-state index in [-0.39, 0.29) is 5.54 Å². The van der Waals surface area contributed by atoms with Gasteiger partial charge in [-0.3, -0.25) is 0 Å². The number of aromatic nitrogens is 1. The number of oxazole rings is 1. The molecule has 1 aliphatic rings. The summed E-state index contributed by atoms with van der Waals surface area (Å²) >= 11 is 0. The molecule has 0 atom stereocenters. The van der Waals surface area contributed by atoms with Crippen LogP contribution in [0.15, 0.2) is 22.6 Å². The van der Waals surface area contributed by atoms with Gasteiger partial charge in [-0.2, -0.15) is 0 Å². The van der Waals surface area contributed by atoms with Crippen molar-refractivity contribution >= 4 is 11.1 Å². The van der Waals surface area contributed by atoms with Crippen molar-refractivity contribution < 1.29 is 4.42 Å². The molecule has 1 saturated carbocycles. The van der Waals surface area contributed by atoms with Crippen LogP contribution in [0.25, 0.3) is 11.1 Å². The normalized spacial score (nSPS) is 19.1. The number of fused-ring (bicyclic) bond motifs is 1. The lowest BCUT2D eigenvalue weighted by Gasteiger charge is -2.34. The van der Waals surface area contributed by atoms with Gasteiger partial charge < -0.3 is 10.2 Å². The molecule has 0 unspecified atom stereocenters. The highest BCUT2D eigenvalue weighted by Gasteiger charge is 2.39. The van der Waals surface area contributed by atoms with E-state index in [0.717, 1.165) is 23.9 Å². The van der Waals surface area contributed by atoms with Crippen molar-refractivity contribution in [3.05, 3.63) is 29.7 Å². The minimum absolute atomic E-state index is 0.299. The van der Waals surface area contributed by atoms with E-state index in [1.807, 2.05) is 25.1 Å². The van der Waals surface area contributed by atoms with Crippen molar-refractivity contribution in [3.8, 4) is 0 Å². The molecule has 3 nitrogen and oxygen atoms in total. The van der Waals surface area contributed by atoms with E-state index in [2.05, 4.69) is 4.98 Å². The van der Waals surface area contributed by atoms with Crippen LogP contribution in [0.4, 0.5) is 0 Å². The number of hydrogen-bond donors (Lipinski definition) is 1. The summed E-state index contributed by atoms with van der Waals surface area (Å²) in [6.07, 6.45) is 3.14. The largest absolute Gasteiger partial charge is 0.439 e. The maximum Gasteiger partial charge on any atom is 0.215 e. The van der Waals surface area contributed by atoms with E-state index in [0.29, 0.717) is 5.89 Å². The monoisotopic (exact) mass is 202 g/mol. The second kappa shape index (κ2) is 2.83. The van der Waals surface area contributed by atoms with E-state index in [4.69, 9.17) is 10.2 Å². The van der Waals surface area contributed by atoms with Gasteiger partial charge >= 0.3 is 0 Å². The third-order valence-electron chi connectivity index (χ3n) is 3.22. The van der Waals surface area contributed by atoms with Gasteiger partial charge in [-0.1, -0.05) is 6.07 Å². The standard InChI is InChI=1S/C12H14N2O/c1-8-3-4-9-10(7-8)15-11(14-9)12(13)5-2-6-12/h3-4,7H,2,5-6,13H2,1H3. The lowest BCUT2D eigenvalue weighted by Crippen LogP contribution is -2.43. The number of nitrogens with zero attached hydrogens (tertiary/aromatic N) is 1. The van der Waals surface area contributed by atoms with Crippen molar-refractivity contribution in [3.63, 3.8) is 0 Å². The fraction of sp³-hybridized carbons (Fsp3) is 0.417. The highest BCUT2D eigenvalue weighted by atomic mass is 16.4. The molecule has 78 valence electrons. The van der Waals surface area contributed by atoms with Crippen LogP contribution in [0.2, 0.25) is 0 Å². The first-order valence-electron chi connectivity index (χ1n) is 5.34. The molecule has 1 aliphatic carbocycles. The minimum atomic E-state index is -0.299. The summed E-state index contributed by atoms with van der Waals surface area (Å²) in [5, 5.41) is 0. The zero-order chi connectivity index (χ0) is 10.5. The Balaban J connectivity index is 2.14. The molecule has 0 saturated heterocycles. The Morgan fingerprint density at radius 3 is 2.87 bits per heavy atom. The van der Waals surface area contributed by atoms with E-state index >= 15 is 0 Å². The van der Waals surface area contributed by atoms with Crippen LogP contribution in [-0.2, 0) is 5.54 Å². The van der Waals surface area contributed by atoms with E-state index in [1.54, 1.807) is 0 Å². The van der Waals surface area contributed by atoms with Gasteiger partial charge in [0.15, 0.2) is 5.58 Å². The Hall–Kier alpha value is -1.35. The van der Waals surface area contributed by atoms with Gasteiger partial charge in [-0.05, 0) is 43.9 Å². The third kappa shape index (κ3) is 1.27. The van der Waals surface area contributed by atoms with Crippen molar-refractivity contribution in [2.75, 3.05) is 0 Å². The first kappa shape index (κ1) is 8.92. The summed E-state index contributed by atoms with van der Waals surface area (Å²) < 4.78 is 5.72. The predicted molar refractivity (Wildman–Crippen MR) is 58.5 cm³/mol. The smallest absolute Gasteiger partial charge is 0.215 e. The van der Waals surface area contributed by atoms with Gasteiger partial charge in [0.05, 0.1) is 5.54 Å². The summed E-state index contributed by atoms with van der Waals surface area (Å²) in [6.45, 7) is 2.04. The van der Waals surface area contributed by atoms with Gasteiger partial charge in [0.25, 0.3) is 0 Å². The maximum absolute atomic E-state index is 6.17. The van der Waals surface area contributed by atoms with Crippen molar-refractivity contribution in [2.24, 2.45) is 5.73 Å². The van der Waals surface area contributed by atoms with Crippen LogP contribution in [-0.4, -0.2) is 4.98 Å². The average molecular weight is 202 g/mol. The minimum Gasteiger partial charge on any atom is -0.439 e. The van der Waals surface area contributed by atoms with Crippen LogP contribution in [0.3, 0.4) is 0 Å². The number of hydrogen-bond acceptors (Lipinski definition) is 3. The summed E-state index contributed by atoms with van der Waals surface area (Å²) in [6, 6.07) is 6.03. The number of nitrogens with two attached hydrogens (primary N) is 1. The molecule has 1 aromatic carbocycles. The van der Waals surface area contributed by atoms with Gasteiger partial charge in [0.1, 0.15) is 5.52 Å². The average Bonchev–Trinajstić information content (AvgIpc) is 2.57. The SMILES string of the molecule is Cc1ccc2nc(C3(N)CCC3)oc2c1. The molecule has 1 aromatic heterocycles. The lowest BCUT2D eigenvalue weighted by molar-refractivity contribution is 0.203. The van der Waals surface area contributed by atoms with Crippen LogP contribution in [0.1, 0.15) is 30.7 Å². The Morgan fingerprint density at radius 1 is 1.40 bits per heavy atom. The van der Waals surface area contributed by atoms with Gasteiger partial charge in [-0.25, -0.2) is 4.98 Å². The summed E-state index contributed by atoms with van der Waals surface area (Å²) in [5.41, 5.74) is 8.81. The Morgan fingerprint density at radius 2 is 2.20 bits per heavy atom. The van der Waals surface area contributed by atoms with E-state index in [1.165, 1.54) is 12.0 Å². The molecule has 0 radical (unpaired) electrons. The van der Waals surface area contributed by atoms with Crippen molar-refractivity contribution in [2.45, 2.75) is 31.7 Å². The zero-order valence-corrected chi connectivity index (χ0v) is 8.79. The maximum atomic E-state index is 6.17. The molecule has 0 aliphatic heterocycles. The Bertz CT molecular complexity index is 511. The zero-order valence-electron chi connectivity index (χ0n) is 8.79. The second-order valence-electron chi connectivity index (χ2n) is 4.50. The molecule has 0 amide bonds. The molecule has 15 heavy (non-hydrogen) atoms. The second-order valence-corrected chi connectivity index (χ2v) is 4.50. The lowest BCUT2D eigenvalue weighted by atomic mass is 9.78. The highest BCUT2D eigenvalue weighted by Crippen LogP contribution is 2.39. The molecule has 0 bridgehead atoms. The molecular formula is C12H14N2O. The first-order valence-corrected chi connectivity index (χ1v) is 5.34. The van der Waals surface area contributed by atoms with Crippen LogP contribution in [0, 0.1) is 6.92 Å². The van der Waals surface area contributed by atoms with Gasteiger partial charge in [0.2, 0.25) is 5.89 Å². The molecule has 0 spiro atoms. The third-order valence-corrected chi connectivity index (χ3v) is 3.22. The van der Waals surface area contributed by atoms with Gasteiger partial charge in [-0.15, -0.1) is 0 Å². The molecule has 1 heterocycles. The quantitative estimate of drug-likeness (QED) is 0.772. The molecule has 3 heteroatoms. The van der Waals surface area contributed by atoms with E-state index < -0.39 is 0 Å². The summed E-state index contributed by atoms with van der Waals surface area (Å²) in [5.74, 6) is 0.703. The number of rotatable bonds is 1. The molecule has 3 rings (SSSR count). The Labute approximate surface area is 88.3 Å². The van der Waals surface area contributed by atoms with Crippen LogP contribution < -0.4 is 5.73 Å². The van der Waals surface area contributed by atoms with Crippen LogP contribution >= 0.6 is 0 Å². The predicted octanol–water partition coefficient (Wildman–Crippen LogP) is 2.47. The summed E-state index contributed by atoms with van der Waals surface area (Å²) in [7, 11) is 0. The summed E-state index contributed by atoms with van der Waals surface area (Å²) in [4.78, 5) is 4.46. The van der Waals surface area contributed by atoms with Gasteiger partial charge in [0, 0.05) is 0 Å². The number of benzene rings is 1. The highest BCUT2D eigenvalue weighted by molar-refractivity contribution is 5.73. The number of aryl methyl sites for hydroxylation is 1. The van der Waals surface area contributed by atoms with Crippen LogP contribution in [0.5, 0.6) is 0 Å². The first-order chi connectivity index (χ1) is 7.17. The molecular weight excluding hydrogens is 188 g/mol. The fourth-order valence-corrected chi connectivity index (χ4v) is 2.02. The fourth-order valence-electron chi connectivity index (χ4n) is 2.02. The molecule has 2 aromatic rings. The Kier molecular flexibility index (Phi) is 1.68.